The molecule has 1 N–H and O–H groups in total. The molecule has 4 nitrogen and oxygen atoms in total. The number of aryl methyl sites for hydroxylation is 1. The van der Waals surface area contributed by atoms with E-state index in [9.17, 15) is 9.90 Å². The quantitative estimate of drug-likeness (QED) is 0.300. The summed E-state index contributed by atoms with van der Waals surface area (Å²) in [6, 6.07) is 19.8. The molecule has 2 aromatic carbocycles. The van der Waals surface area contributed by atoms with Crippen LogP contribution in [0.1, 0.15) is 74.5 Å². The number of carbonyl (C=O) groups is 1. The first kappa shape index (κ1) is 24.0. The molecule has 0 saturated carbocycles. The number of benzene rings is 2. The number of fused-ring (bicyclic) bond motifs is 2. The van der Waals surface area contributed by atoms with Gasteiger partial charge in [-0.2, -0.15) is 0 Å². The molecule has 2 aliphatic rings. The predicted octanol–water partition coefficient (Wildman–Crippen LogP) is 5.38. The Labute approximate surface area is 199 Å². The Morgan fingerprint density at radius 3 is 2.24 bits per heavy atom. The number of unbranched alkanes of at least 4 members (excludes halogenated alkanes) is 2. The van der Waals surface area contributed by atoms with Crippen molar-refractivity contribution in [3.05, 3.63) is 71.3 Å². The van der Waals surface area contributed by atoms with Crippen molar-refractivity contribution in [2.24, 2.45) is 0 Å². The molecule has 0 spiro atoms. The number of aliphatic hydroxyl groups excluding tert-OH is 1. The van der Waals surface area contributed by atoms with E-state index in [-0.39, 0.29) is 18.7 Å². The van der Waals surface area contributed by atoms with Crippen LogP contribution in [0.5, 0.6) is 0 Å². The predicted molar refractivity (Wildman–Crippen MR) is 132 cm³/mol. The first-order chi connectivity index (χ1) is 16.0. The number of carbonyl (C=O) groups excluding carboxylic acids is 1. The summed E-state index contributed by atoms with van der Waals surface area (Å²) < 4.78 is 7.04. The summed E-state index contributed by atoms with van der Waals surface area (Å²) in [5, 5.41) is 9.82. The van der Waals surface area contributed by atoms with Crippen LogP contribution in [-0.4, -0.2) is 47.4 Å². The number of nitrogens with zero attached hydrogens (tertiary/aromatic N) is 1. The molecular formula is C29H40NO3+. The minimum atomic E-state index is -0.595. The van der Waals surface area contributed by atoms with E-state index in [4.69, 9.17) is 4.74 Å². The van der Waals surface area contributed by atoms with Crippen molar-refractivity contribution < 1.29 is 19.1 Å². The Balaban J connectivity index is 1.36. The van der Waals surface area contributed by atoms with Crippen LogP contribution in [0.25, 0.3) is 0 Å². The molecule has 0 amide bonds. The lowest BCUT2D eigenvalue weighted by molar-refractivity contribution is -0.961. The van der Waals surface area contributed by atoms with Crippen LogP contribution in [0.3, 0.4) is 0 Å². The number of hydrogen-bond donors (Lipinski definition) is 1. The standard InChI is InChI=1S/C29H40NO3/c1-3-4-6-9-22-12-14-23(15-13-22)20-30(2)25-16-17-26(30)19-27(18-25)33-29(32)28(21-31)24-10-7-5-8-11-24/h5,7-8,10-15,25-28,31H,3-4,6,9,16-21H2,1-2H3/q+1. The molecule has 4 heteroatoms. The molecule has 2 bridgehead atoms. The summed E-state index contributed by atoms with van der Waals surface area (Å²) in [5.41, 5.74) is 3.68. The Bertz CT molecular complexity index is 881. The SMILES string of the molecule is CCCCCc1ccc(C[N+]2(C)C3CCC2CC(OC(=O)C(CO)c2ccccc2)C3)cc1. The van der Waals surface area contributed by atoms with Crippen molar-refractivity contribution in [2.45, 2.75) is 88.9 Å². The van der Waals surface area contributed by atoms with Gasteiger partial charge in [-0.1, -0.05) is 74.4 Å². The Hall–Kier alpha value is -2.17. The van der Waals surface area contributed by atoms with E-state index in [1.165, 1.54) is 49.7 Å². The van der Waals surface area contributed by atoms with Crippen LogP contribution in [0, 0.1) is 0 Å². The van der Waals surface area contributed by atoms with Gasteiger partial charge in [0.1, 0.15) is 18.6 Å². The van der Waals surface area contributed by atoms with Gasteiger partial charge in [0, 0.05) is 31.2 Å². The van der Waals surface area contributed by atoms with Crippen LogP contribution < -0.4 is 0 Å². The van der Waals surface area contributed by atoms with Gasteiger partial charge >= 0.3 is 5.97 Å². The second-order valence-corrected chi connectivity index (χ2v) is 10.3. The highest BCUT2D eigenvalue weighted by Crippen LogP contribution is 2.43. The fourth-order valence-corrected chi connectivity index (χ4v) is 6.08. The Kier molecular flexibility index (Phi) is 7.87. The molecule has 2 saturated heterocycles. The maximum absolute atomic E-state index is 12.9. The van der Waals surface area contributed by atoms with Gasteiger partial charge in [0.15, 0.2) is 0 Å². The Morgan fingerprint density at radius 1 is 1.00 bits per heavy atom. The van der Waals surface area contributed by atoms with E-state index in [1.807, 2.05) is 30.3 Å². The first-order valence-electron chi connectivity index (χ1n) is 12.8. The third kappa shape index (κ3) is 5.50. The zero-order valence-corrected chi connectivity index (χ0v) is 20.3. The van der Waals surface area contributed by atoms with Crippen molar-refractivity contribution >= 4 is 5.97 Å². The number of esters is 1. The fraction of sp³-hybridized carbons (Fsp3) is 0.552. The summed E-state index contributed by atoms with van der Waals surface area (Å²) in [6.45, 7) is 3.08. The zero-order valence-electron chi connectivity index (χ0n) is 20.3. The van der Waals surface area contributed by atoms with Gasteiger partial charge in [0.2, 0.25) is 0 Å². The summed E-state index contributed by atoms with van der Waals surface area (Å²) >= 11 is 0. The topological polar surface area (TPSA) is 46.5 Å². The number of aliphatic hydroxyl groups is 1. The van der Waals surface area contributed by atoms with Gasteiger partial charge in [0.05, 0.1) is 25.7 Å². The second kappa shape index (κ2) is 10.8. The molecule has 2 heterocycles. The van der Waals surface area contributed by atoms with E-state index >= 15 is 0 Å². The molecule has 0 aromatic heterocycles. The number of quaternary nitrogens is 1. The van der Waals surface area contributed by atoms with Gasteiger partial charge in [0.25, 0.3) is 0 Å². The van der Waals surface area contributed by atoms with E-state index in [1.54, 1.807) is 0 Å². The van der Waals surface area contributed by atoms with Crippen LogP contribution in [0.15, 0.2) is 54.6 Å². The van der Waals surface area contributed by atoms with Crippen molar-refractivity contribution in [1.29, 1.82) is 0 Å². The van der Waals surface area contributed by atoms with Crippen molar-refractivity contribution in [3.8, 4) is 0 Å². The van der Waals surface area contributed by atoms with Gasteiger partial charge < -0.3 is 14.3 Å². The largest absolute Gasteiger partial charge is 0.461 e. The molecule has 2 aromatic rings. The third-order valence-corrected chi connectivity index (χ3v) is 8.14. The lowest BCUT2D eigenvalue weighted by atomic mass is 9.94. The maximum Gasteiger partial charge on any atom is 0.316 e. The highest BCUT2D eigenvalue weighted by atomic mass is 16.5. The molecule has 4 rings (SSSR count). The molecular weight excluding hydrogens is 410 g/mol. The minimum Gasteiger partial charge on any atom is -0.461 e. The summed E-state index contributed by atoms with van der Waals surface area (Å²) in [7, 11) is 2.40. The average molecular weight is 451 g/mol. The molecule has 2 fully saturated rings. The first-order valence-corrected chi connectivity index (χ1v) is 12.8. The highest BCUT2D eigenvalue weighted by Gasteiger charge is 2.52. The van der Waals surface area contributed by atoms with Crippen LogP contribution >= 0.6 is 0 Å². The molecule has 0 radical (unpaired) electrons. The maximum atomic E-state index is 12.9. The molecule has 0 aliphatic carbocycles. The minimum absolute atomic E-state index is 0.0418. The van der Waals surface area contributed by atoms with Gasteiger partial charge in [-0.15, -0.1) is 0 Å². The monoisotopic (exact) mass is 450 g/mol. The van der Waals surface area contributed by atoms with Crippen LogP contribution in [-0.2, 0) is 22.5 Å². The summed E-state index contributed by atoms with van der Waals surface area (Å²) in [5.74, 6) is -0.884. The smallest absolute Gasteiger partial charge is 0.316 e. The van der Waals surface area contributed by atoms with Gasteiger partial charge in [-0.25, -0.2) is 0 Å². The number of rotatable bonds is 10. The van der Waals surface area contributed by atoms with Gasteiger partial charge in [-0.05, 0) is 24.0 Å². The van der Waals surface area contributed by atoms with Crippen molar-refractivity contribution in [1.82, 2.24) is 0 Å². The van der Waals surface area contributed by atoms with Gasteiger partial charge in [-0.3, -0.25) is 4.79 Å². The highest BCUT2D eigenvalue weighted by molar-refractivity contribution is 5.78. The van der Waals surface area contributed by atoms with Crippen molar-refractivity contribution in [2.75, 3.05) is 13.7 Å². The third-order valence-electron chi connectivity index (χ3n) is 8.14. The number of piperidine rings is 1. The lowest BCUT2D eigenvalue weighted by Crippen LogP contribution is -2.58. The molecule has 3 atom stereocenters. The Morgan fingerprint density at radius 2 is 1.64 bits per heavy atom. The molecule has 3 unspecified atom stereocenters. The van der Waals surface area contributed by atoms with E-state index in [0.717, 1.165) is 29.4 Å². The molecule has 2 aliphatic heterocycles. The van der Waals surface area contributed by atoms with Crippen LogP contribution in [0.2, 0.25) is 0 Å². The number of ether oxygens (including phenoxy) is 1. The van der Waals surface area contributed by atoms with Crippen LogP contribution in [0.4, 0.5) is 0 Å². The average Bonchev–Trinajstić information content (AvgIpc) is 2.98. The fourth-order valence-electron chi connectivity index (χ4n) is 6.08. The van der Waals surface area contributed by atoms with E-state index < -0.39 is 5.92 Å². The van der Waals surface area contributed by atoms with Crippen molar-refractivity contribution in [3.63, 3.8) is 0 Å². The lowest BCUT2D eigenvalue weighted by Gasteiger charge is -2.47. The normalized spacial score (nSPS) is 27.3. The second-order valence-electron chi connectivity index (χ2n) is 10.3. The molecule has 33 heavy (non-hydrogen) atoms. The zero-order chi connectivity index (χ0) is 23.3. The number of hydrogen-bond acceptors (Lipinski definition) is 3. The summed E-state index contributed by atoms with van der Waals surface area (Å²) in [4.78, 5) is 12.9. The summed E-state index contributed by atoms with van der Waals surface area (Å²) in [6.07, 6.45) is 9.21. The molecule has 178 valence electrons. The van der Waals surface area contributed by atoms with E-state index in [2.05, 4.69) is 38.2 Å². The van der Waals surface area contributed by atoms with E-state index in [0.29, 0.717) is 12.1 Å².